The van der Waals surface area contributed by atoms with Gasteiger partial charge in [0, 0.05) is 19.3 Å². The van der Waals surface area contributed by atoms with Gasteiger partial charge < -0.3 is 14.2 Å². The van der Waals surface area contributed by atoms with Gasteiger partial charge in [-0.05, 0) is 70.6 Å². The van der Waals surface area contributed by atoms with Crippen LogP contribution in [0.3, 0.4) is 0 Å². The molecular weight excluding hydrogens is 697 g/mol. The van der Waals surface area contributed by atoms with Gasteiger partial charge in [-0.3, -0.25) is 14.4 Å². The van der Waals surface area contributed by atoms with E-state index in [9.17, 15) is 14.4 Å². The summed E-state index contributed by atoms with van der Waals surface area (Å²) in [6, 6.07) is 0. The molecule has 0 amide bonds. The highest BCUT2D eigenvalue weighted by atomic mass is 16.6. The molecule has 0 N–H and O–H groups in total. The summed E-state index contributed by atoms with van der Waals surface area (Å²) in [5.41, 5.74) is 0. The second kappa shape index (κ2) is 45.1. The third-order valence-corrected chi connectivity index (χ3v) is 10.1. The molecule has 0 aromatic heterocycles. The Morgan fingerprint density at radius 2 is 0.714 bits per heavy atom. The molecule has 0 rings (SSSR count). The summed E-state index contributed by atoms with van der Waals surface area (Å²) in [4.78, 5) is 37.7. The van der Waals surface area contributed by atoms with Crippen LogP contribution in [-0.4, -0.2) is 37.2 Å². The topological polar surface area (TPSA) is 78.9 Å². The maximum absolute atomic E-state index is 12.7. The molecule has 0 aliphatic carbocycles. The molecule has 0 aromatic carbocycles. The number of hydrogen-bond acceptors (Lipinski definition) is 6. The van der Waals surface area contributed by atoms with Crippen molar-refractivity contribution >= 4 is 17.9 Å². The Kier molecular flexibility index (Phi) is 43.0. The first-order valence-electron chi connectivity index (χ1n) is 23.6. The summed E-state index contributed by atoms with van der Waals surface area (Å²) in [6.07, 6.45) is 52.3. The maximum atomic E-state index is 12.7. The van der Waals surface area contributed by atoms with Crippen LogP contribution in [0, 0.1) is 0 Å². The van der Waals surface area contributed by atoms with Gasteiger partial charge in [0.2, 0.25) is 0 Å². The van der Waals surface area contributed by atoms with Crippen molar-refractivity contribution in [1.82, 2.24) is 0 Å². The number of esters is 3. The van der Waals surface area contributed by atoms with E-state index in [1.54, 1.807) is 0 Å². The van der Waals surface area contributed by atoms with Crippen LogP contribution >= 0.6 is 0 Å². The van der Waals surface area contributed by atoms with Crippen LogP contribution in [-0.2, 0) is 28.6 Å². The van der Waals surface area contributed by atoms with Gasteiger partial charge in [0.15, 0.2) is 6.10 Å². The van der Waals surface area contributed by atoms with Crippen molar-refractivity contribution < 1.29 is 28.6 Å². The Labute approximate surface area is 346 Å². The van der Waals surface area contributed by atoms with Crippen molar-refractivity contribution in [1.29, 1.82) is 0 Å². The first-order chi connectivity index (χ1) is 27.5. The zero-order valence-corrected chi connectivity index (χ0v) is 36.9. The lowest BCUT2D eigenvalue weighted by atomic mass is 10.0. The van der Waals surface area contributed by atoms with Crippen molar-refractivity contribution in [2.75, 3.05) is 13.2 Å². The van der Waals surface area contributed by atoms with Crippen LogP contribution in [0.15, 0.2) is 48.6 Å². The number of rotatable bonds is 42. The van der Waals surface area contributed by atoms with E-state index < -0.39 is 6.10 Å². The SMILES string of the molecule is CC/C=C\C/C=C\C/C=C\CCCCCCCCC(=O)OCC(COC(=O)CCCCCC/C=C\CCCC)OC(=O)CCCCCCCCCCCCCC. The lowest BCUT2D eigenvalue weighted by Crippen LogP contribution is -2.30. The Hall–Kier alpha value is -2.63. The van der Waals surface area contributed by atoms with Crippen LogP contribution in [0.2, 0.25) is 0 Å². The van der Waals surface area contributed by atoms with E-state index in [4.69, 9.17) is 14.2 Å². The molecule has 0 heterocycles. The van der Waals surface area contributed by atoms with Crippen LogP contribution in [0.1, 0.15) is 233 Å². The van der Waals surface area contributed by atoms with E-state index >= 15 is 0 Å². The number of carbonyl (C=O) groups excluding carboxylic acids is 3. The summed E-state index contributed by atoms with van der Waals surface area (Å²) in [6.45, 7) is 6.46. The molecule has 6 nitrogen and oxygen atoms in total. The number of ether oxygens (including phenoxy) is 3. The van der Waals surface area contributed by atoms with Gasteiger partial charge in [-0.1, -0.05) is 191 Å². The molecule has 0 aliphatic heterocycles. The highest BCUT2D eigenvalue weighted by Gasteiger charge is 2.19. The number of carbonyl (C=O) groups is 3. The predicted molar refractivity (Wildman–Crippen MR) is 238 cm³/mol. The molecule has 0 spiro atoms. The first kappa shape index (κ1) is 53.4. The lowest BCUT2D eigenvalue weighted by Gasteiger charge is -2.18. The second-order valence-corrected chi connectivity index (χ2v) is 15.6. The summed E-state index contributed by atoms with van der Waals surface area (Å²) >= 11 is 0. The fourth-order valence-corrected chi connectivity index (χ4v) is 6.50. The molecule has 0 radical (unpaired) electrons. The van der Waals surface area contributed by atoms with Crippen molar-refractivity contribution in [3.63, 3.8) is 0 Å². The van der Waals surface area contributed by atoms with Gasteiger partial charge in [-0.15, -0.1) is 0 Å². The average Bonchev–Trinajstić information content (AvgIpc) is 3.19. The Bertz CT molecular complexity index is 996. The molecule has 0 fully saturated rings. The molecule has 1 unspecified atom stereocenters. The summed E-state index contributed by atoms with van der Waals surface area (Å²) < 4.78 is 16.7. The minimum atomic E-state index is -0.778. The average molecular weight is 785 g/mol. The number of hydrogen-bond donors (Lipinski definition) is 0. The third kappa shape index (κ3) is 42.5. The van der Waals surface area contributed by atoms with Gasteiger partial charge in [0.1, 0.15) is 13.2 Å². The zero-order valence-electron chi connectivity index (χ0n) is 36.9. The van der Waals surface area contributed by atoms with Crippen LogP contribution in [0.5, 0.6) is 0 Å². The normalized spacial score (nSPS) is 12.4. The van der Waals surface area contributed by atoms with E-state index in [-0.39, 0.29) is 31.1 Å². The highest BCUT2D eigenvalue weighted by Crippen LogP contribution is 2.14. The minimum absolute atomic E-state index is 0.0820. The van der Waals surface area contributed by atoms with E-state index in [2.05, 4.69) is 69.4 Å². The summed E-state index contributed by atoms with van der Waals surface area (Å²) in [5, 5.41) is 0. The molecule has 0 aliphatic rings. The Morgan fingerprint density at radius 1 is 0.375 bits per heavy atom. The quantitative estimate of drug-likeness (QED) is 0.0265. The fourth-order valence-electron chi connectivity index (χ4n) is 6.50. The first-order valence-corrected chi connectivity index (χ1v) is 23.6. The molecule has 0 aromatic rings. The lowest BCUT2D eigenvalue weighted by molar-refractivity contribution is -0.167. The van der Waals surface area contributed by atoms with Crippen LogP contribution in [0.4, 0.5) is 0 Å². The molecule has 6 heteroatoms. The fraction of sp³-hybridized carbons (Fsp3) is 0.780. The van der Waals surface area contributed by atoms with Crippen LogP contribution < -0.4 is 0 Å². The van der Waals surface area contributed by atoms with Gasteiger partial charge in [-0.25, -0.2) is 0 Å². The van der Waals surface area contributed by atoms with E-state index in [1.807, 2.05) is 0 Å². The summed E-state index contributed by atoms with van der Waals surface area (Å²) in [7, 11) is 0. The molecule has 0 saturated heterocycles. The van der Waals surface area contributed by atoms with Crippen molar-refractivity contribution in [3.05, 3.63) is 48.6 Å². The summed E-state index contributed by atoms with van der Waals surface area (Å²) in [5.74, 6) is -0.906. The van der Waals surface area contributed by atoms with Gasteiger partial charge in [0.05, 0.1) is 0 Å². The van der Waals surface area contributed by atoms with Crippen molar-refractivity contribution in [2.45, 2.75) is 239 Å². The molecule has 1 atom stereocenters. The van der Waals surface area contributed by atoms with Gasteiger partial charge >= 0.3 is 17.9 Å². The van der Waals surface area contributed by atoms with Gasteiger partial charge in [-0.2, -0.15) is 0 Å². The largest absolute Gasteiger partial charge is 0.462 e. The van der Waals surface area contributed by atoms with Gasteiger partial charge in [0.25, 0.3) is 0 Å². The second-order valence-electron chi connectivity index (χ2n) is 15.6. The van der Waals surface area contributed by atoms with Crippen molar-refractivity contribution in [2.24, 2.45) is 0 Å². The van der Waals surface area contributed by atoms with E-state index in [0.717, 1.165) is 103 Å². The molecule has 0 bridgehead atoms. The third-order valence-electron chi connectivity index (χ3n) is 10.1. The van der Waals surface area contributed by atoms with Crippen molar-refractivity contribution in [3.8, 4) is 0 Å². The Balaban J connectivity index is 4.37. The predicted octanol–water partition coefficient (Wildman–Crippen LogP) is 15.1. The smallest absolute Gasteiger partial charge is 0.306 e. The van der Waals surface area contributed by atoms with E-state index in [0.29, 0.717) is 19.3 Å². The number of unbranched alkanes of at least 4 members (excludes halogenated alkanes) is 23. The molecule has 324 valence electrons. The van der Waals surface area contributed by atoms with Crippen LogP contribution in [0.25, 0.3) is 0 Å². The molecule has 56 heavy (non-hydrogen) atoms. The standard InChI is InChI=1S/C50H88O6/c1-4-7-10-13-16-19-22-24-25-26-27-29-31-34-37-40-43-49(52)55-46-47(45-54-48(51)42-39-36-33-30-21-18-15-12-9-6-3)56-50(53)44-41-38-35-32-28-23-20-17-14-11-8-5-2/h7,10,15-16,18-19,24-25,47H,4-6,8-9,11-14,17,20-23,26-46H2,1-3H3/b10-7-,18-15-,19-16-,25-24-. The highest BCUT2D eigenvalue weighted by molar-refractivity contribution is 5.71. The molecule has 0 saturated carbocycles. The number of allylic oxidation sites excluding steroid dienone is 8. The zero-order chi connectivity index (χ0) is 40.8. The maximum Gasteiger partial charge on any atom is 0.306 e. The minimum Gasteiger partial charge on any atom is -0.462 e. The molecular formula is C50H88O6. The van der Waals surface area contributed by atoms with E-state index in [1.165, 1.54) is 89.9 Å². The monoisotopic (exact) mass is 785 g/mol. The Morgan fingerprint density at radius 3 is 1.16 bits per heavy atom.